The SMILES string of the molecule is CCc1nn(C)cc1C(=O)N1CCc2c(N)cccc2C1. The van der Waals surface area contributed by atoms with E-state index in [1.807, 2.05) is 37.2 Å². The summed E-state index contributed by atoms with van der Waals surface area (Å²) in [6.45, 7) is 3.35. The van der Waals surface area contributed by atoms with E-state index >= 15 is 0 Å². The molecule has 0 unspecified atom stereocenters. The number of anilines is 1. The number of carbonyl (C=O) groups is 1. The van der Waals surface area contributed by atoms with Crippen LogP contribution in [0.25, 0.3) is 0 Å². The lowest BCUT2D eigenvalue weighted by Crippen LogP contribution is -2.36. The second-order valence-corrected chi connectivity index (χ2v) is 5.48. The molecule has 0 saturated carbocycles. The summed E-state index contributed by atoms with van der Waals surface area (Å²) in [6, 6.07) is 5.92. The minimum Gasteiger partial charge on any atom is -0.398 e. The topological polar surface area (TPSA) is 64.2 Å². The molecule has 2 aromatic rings. The van der Waals surface area contributed by atoms with Crippen molar-refractivity contribution < 1.29 is 4.79 Å². The number of amides is 1. The highest BCUT2D eigenvalue weighted by molar-refractivity contribution is 5.95. The predicted octanol–water partition coefficient (Wildman–Crippen LogP) is 1.76. The summed E-state index contributed by atoms with van der Waals surface area (Å²) in [6.07, 6.45) is 3.39. The lowest BCUT2D eigenvalue weighted by atomic mass is 9.97. The van der Waals surface area contributed by atoms with Crippen molar-refractivity contribution >= 4 is 11.6 Å². The van der Waals surface area contributed by atoms with Gasteiger partial charge in [-0.2, -0.15) is 5.10 Å². The van der Waals surface area contributed by atoms with Gasteiger partial charge in [-0.25, -0.2) is 0 Å². The van der Waals surface area contributed by atoms with Crippen molar-refractivity contribution in [1.82, 2.24) is 14.7 Å². The lowest BCUT2D eigenvalue weighted by molar-refractivity contribution is 0.0733. The number of hydrogen-bond acceptors (Lipinski definition) is 3. The molecule has 110 valence electrons. The fourth-order valence-corrected chi connectivity index (χ4v) is 2.96. The molecule has 1 amide bonds. The zero-order valence-corrected chi connectivity index (χ0v) is 12.5. The fourth-order valence-electron chi connectivity index (χ4n) is 2.96. The average molecular weight is 284 g/mol. The van der Waals surface area contributed by atoms with Gasteiger partial charge in [-0.1, -0.05) is 19.1 Å². The molecule has 1 aliphatic rings. The molecule has 5 nitrogen and oxygen atoms in total. The van der Waals surface area contributed by atoms with Crippen molar-refractivity contribution in [2.75, 3.05) is 12.3 Å². The van der Waals surface area contributed by atoms with Crippen molar-refractivity contribution in [2.45, 2.75) is 26.3 Å². The van der Waals surface area contributed by atoms with Crippen LogP contribution in [0.2, 0.25) is 0 Å². The number of aromatic nitrogens is 2. The predicted molar refractivity (Wildman–Crippen MR) is 81.9 cm³/mol. The highest BCUT2D eigenvalue weighted by atomic mass is 16.2. The minimum atomic E-state index is 0.0630. The van der Waals surface area contributed by atoms with Crippen LogP contribution in [0.5, 0.6) is 0 Å². The van der Waals surface area contributed by atoms with Crippen LogP contribution in [0.15, 0.2) is 24.4 Å². The molecule has 1 aromatic heterocycles. The maximum atomic E-state index is 12.7. The van der Waals surface area contributed by atoms with Gasteiger partial charge in [-0.3, -0.25) is 9.48 Å². The molecule has 0 spiro atoms. The van der Waals surface area contributed by atoms with Gasteiger partial charge >= 0.3 is 0 Å². The summed E-state index contributed by atoms with van der Waals surface area (Å²) >= 11 is 0. The largest absolute Gasteiger partial charge is 0.398 e. The second kappa shape index (κ2) is 5.24. The van der Waals surface area contributed by atoms with Crippen LogP contribution in [0.4, 0.5) is 5.69 Å². The van der Waals surface area contributed by atoms with E-state index < -0.39 is 0 Å². The average Bonchev–Trinajstić information content (AvgIpc) is 2.87. The second-order valence-electron chi connectivity index (χ2n) is 5.48. The Bertz CT molecular complexity index is 690. The van der Waals surface area contributed by atoms with Crippen LogP contribution in [0.3, 0.4) is 0 Å². The third-order valence-corrected chi connectivity index (χ3v) is 4.06. The molecule has 0 atom stereocenters. The van der Waals surface area contributed by atoms with Crippen LogP contribution < -0.4 is 5.73 Å². The van der Waals surface area contributed by atoms with Crippen molar-refractivity contribution in [3.8, 4) is 0 Å². The number of nitrogen functional groups attached to an aromatic ring is 1. The Kier molecular flexibility index (Phi) is 3.41. The normalized spacial score (nSPS) is 14.1. The van der Waals surface area contributed by atoms with Gasteiger partial charge in [0.05, 0.1) is 11.3 Å². The van der Waals surface area contributed by atoms with E-state index in [0.29, 0.717) is 18.7 Å². The number of carbonyl (C=O) groups excluding carboxylic acids is 1. The molecule has 0 fully saturated rings. The molecule has 0 saturated heterocycles. The first-order valence-corrected chi connectivity index (χ1v) is 7.28. The first kappa shape index (κ1) is 13.7. The Balaban J connectivity index is 1.87. The molecule has 0 aliphatic carbocycles. The summed E-state index contributed by atoms with van der Waals surface area (Å²) in [7, 11) is 1.85. The number of aryl methyl sites for hydroxylation is 2. The molecule has 2 heterocycles. The maximum Gasteiger partial charge on any atom is 0.257 e. The van der Waals surface area contributed by atoms with E-state index in [0.717, 1.165) is 29.8 Å². The van der Waals surface area contributed by atoms with Gasteiger partial charge in [0, 0.05) is 32.0 Å². The summed E-state index contributed by atoms with van der Waals surface area (Å²) in [5.41, 5.74) is 10.7. The quantitative estimate of drug-likeness (QED) is 0.855. The molecule has 5 heteroatoms. The van der Waals surface area contributed by atoms with E-state index in [4.69, 9.17) is 5.73 Å². The number of nitrogens with zero attached hydrogens (tertiary/aromatic N) is 3. The van der Waals surface area contributed by atoms with Gasteiger partial charge in [0.15, 0.2) is 0 Å². The van der Waals surface area contributed by atoms with Gasteiger partial charge < -0.3 is 10.6 Å². The number of hydrogen-bond donors (Lipinski definition) is 1. The highest BCUT2D eigenvalue weighted by Crippen LogP contribution is 2.25. The number of nitrogens with two attached hydrogens (primary N) is 1. The summed E-state index contributed by atoms with van der Waals surface area (Å²) in [4.78, 5) is 14.6. The van der Waals surface area contributed by atoms with E-state index in [-0.39, 0.29) is 5.91 Å². The Labute approximate surface area is 124 Å². The van der Waals surface area contributed by atoms with Gasteiger partial charge in [0.25, 0.3) is 5.91 Å². The monoisotopic (exact) mass is 284 g/mol. The molecule has 21 heavy (non-hydrogen) atoms. The minimum absolute atomic E-state index is 0.0630. The Morgan fingerprint density at radius 1 is 1.43 bits per heavy atom. The fraction of sp³-hybridized carbons (Fsp3) is 0.375. The summed E-state index contributed by atoms with van der Waals surface area (Å²) in [5, 5.41) is 4.35. The third-order valence-electron chi connectivity index (χ3n) is 4.06. The van der Waals surface area contributed by atoms with E-state index in [1.165, 1.54) is 5.56 Å². The van der Waals surface area contributed by atoms with Crippen LogP contribution in [-0.2, 0) is 26.4 Å². The number of fused-ring (bicyclic) bond motifs is 1. The standard InChI is InChI=1S/C16H20N4O/c1-3-15-13(10-19(2)18-15)16(21)20-8-7-12-11(9-20)5-4-6-14(12)17/h4-6,10H,3,7-9,17H2,1-2H3. The van der Waals surface area contributed by atoms with Crippen molar-refractivity contribution in [3.63, 3.8) is 0 Å². The van der Waals surface area contributed by atoms with Gasteiger partial charge in [-0.15, -0.1) is 0 Å². The van der Waals surface area contributed by atoms with Gasteiger partial charge in [-0.05, 0) is 30.0 Å². The van der Waals surface area contributed by atoms with Crippen LogP contribution in [0.1, 0.15) is 34.1 Å². The molecule has 2 N–H and O–H groups in total. The molecule has 1 aromatic carbocycles. The van der Waals surface area contributed by atoms with Crippen molar-refractivity contribution in [2.24, 2.45) is 7.05 Å². The molecular weight excluding hydrogens is 264 g/mol. The van der Waals surface area contributed by atoms with Gasteiger partial charge in [0.2, 0.25) is 0 Å². The summed E-state index contributed by atoms with van der Waals surface area (Å²) < 4.78 is 1.71. The lowest BCUT2D eigenvalue weighted by Gasteiger charge is -2.29. The van der Waals surface area contributed by atoms with Crippen LogP contribution in [-0.4, -0.2) is 27.1 Å². The van der Waals surface area contributed by atoms with Crippen LogP contribution >= 0.6 is 0 Å². The molecular formula is C16H20N4O. The smallest absolute Gasteiger partial charge is 0.257 e. The zero-order chi connectivity index (χ0) is 15.0. The molecule has 0 bridgehead atoms. The zero-order valence-electron chi connectivity index (χ0n) is 12.5. The molecule has 0 radical (unpaired) electrons. The maximum absolute atomic E-state index is 12.7. The first-order valence-electron chi connectivity index (χ1n) is 7.28. The van der Waals surface area contributed by atoms with E-state index in [2.05, 4.69) is 11.2 Å². The Morgan fingerprint density at radius 2 is 2.24 bits per heavy atom. The Morgan fingerprint density at radius 3 is 3.00 bits per heavy atom. The number of benzene rings is 1. The van der Waals surface area contributed by atoms with Crippen molar-refractivity contribution in [1.29, 1.82) is 0 Å². The summed E-state index contributed by atoms with van der Waals surface area (Å²) in [5.74, 6) is 0.0630. The van der Waals surface area contributed by atoms with E-state index in [9.17, 15) is 4.79 Å². The molecule has 3 rings (SSSR count). The number of rotatable bonds is 2. The first-order chi connectivity index (χ1) is 10.1. The van der Waals surface area contributed by atoms with E-state index in [1.54, 1.807) is 4.68 Å². The highest BCUT2D eigenvalue weighted by Gasteiger charge is 2.25. The van der Waals surface area contributed by atoms with Crippen molar-refractivity contribution in [3.05, 3.63) is 46.8 Å². The van der Waals surface area contributed by atoms with Gasteiger partial charge in [0.1, 0.15) is 0 Å². The Hall–Kier alpha value is -2.30. The third kappa shape index (κ3) is 2.39. The van der Waals surface area contributed by atoms with Crippen LogP contribution in [0, 0.1) is 0 Å². The molecule has 1 aliphatic heterocycles.